The Labute approximate surface area is 70.5 Å². The fourth-order valence-corrected chi connectivity index (χ4v) is 0.902. The number of hydrogen-bond acceptors (Lipinski definition) is 3. The number of halogens is 2. The molecular formula is C7H15F2NO2. The molecule has 3 nitrogen and oxygen atoms in total. The van der Waals surface area contributed by atoms with Crippen molar-refractivity contribution in [1.82, 2.24) is 0 Å². The summed E-state index contributed by atoms with van der Waals surface area (Å²) in [5.74, 6) is 0. The molecule has 1 atom stereocenters. The van der Waals surface area contributed by atoms with Crippen LogP contribution < -0.4 is 5.73 Å². The molecule has 0 saturated carbocycles. The third-order valence-electron chi connectivity index (χ3n) is 1.61. The number of hydrogen-bond donors (Lipinski definition) is 2. The van der Waals surface area contributed by atoms with E-state index in [9.17, 15) is 13.9 Å². The normalized spacial score (nSPS) is 16.5. The summed E-state index contributed by atoms with van der Waals surface area (Å²) in [6.07, 6.45) is -2.46. The fourth-order valence-electron chi connectivity index (χ4n) is 0.902. The van der Waals surface area contributed by atoms with Gasteiger partial charge in [0.2, 0.25) is 0 Å². The van der Waals surface area contributed by atoms with Gasteiger partial charge in [0.1, 0.15) is 5.60 Å². The second-order valence-electron chi connectivity index (χ2n) is 2.73. The van der Waals surface area contributed by atoms with Crippen molar-refractivity contribution in [2.45, 2.75) is 24.9 Å². The summed E-state index contributed by atoms with van der Waals surface area (Å²) in [6.45, 7) is -0.0661. The van der Waals surface area contributed by atoms with Gasteiger partial charge in [-0.1, -0.05) is 0 Å². The Morgan fingerprint density at radius 2 is 2.17 bits per heavy atom. The largest absolute Gasteiger partial charge is 0.381 e. The molecule has 0 radical (unpaired) electrons. The van der Waals surface area contributed by atoms with E-state index in [4.69, 9.17) is 5.73 Å². The van der Waals surface area contributed by atoms with E-state index in [-0.39, 0.29) is 13.0 Å². The Hall–Kier alpha value is -0.260. The lowest BCUT2D eigenvalue weighted by atomic mass is 9.99. The maximum Gasteiger partial charge on any atom is 0.269 e. The Kier molecular flexibility index (Phi) is 5.28. The summed E-state index contributed by atoms with van der Waals surface area (Å²) >= 11 is 0. The lowest BCUT2D eigenvalue weighted by Crippen LogP contribution is -2.42. The standard InChI is InChI=1S/C7H15F2NO2/c1-12-5-7(11,6(8)9)3-2-4-10/h6,11H,2-5,10H2,1H3. The van der Waals surface area contributed by atoms with E-state index in [1.165, 1.54) is 7.11 Å². The molecule has 12 heavy (non-hydrogen) atoms. The maximum atomic E-state index is 12.2. The molecule has 0 fully saturated rings. The van der Waals surface area contributed by atoms with Crippen molar-refractivity contribution in [2.75, 3.05) is 20.3 Å². The van der Waals surface area contributed by atoms with Gasteiger partial charge < -0.3 is 15.6 Å². The number of alkyl halides is 2. The van der Waals surface area contributed by atoms with Gasteiger partial charge in [0.05, 0.1) is 6.61 Å². The van der Waals surface area contributed by atoms with Crippen molar-refractivity contribution in [1.29, 1.82) is 0 Å². The van der Waals surface area contributed by atoms with Crippen LogP contribution in [0.5, 0.6) is 0 Å². The molecule has 5 heteroatoms. The smallest absolute Gasteiger partial charge is 0.269 e. The van der Waals surface area contributed by atoms with Crippen LogP contribution in [0, 0.1) is 0 Å². The molecule has 0 heterocycles. The first-order chi connectivity index (χ1) is 5.56. The van der Waals surface area contributed by atoms with E-state index in [2.05, 4.69) is 4.74 Å². The number of rotatable bonds is 6. The minimum absolute atomic E-state index is 0.0327. The van der Waals surface area contributed by atoms with Crippen molar-refractivity contribution >= 4 is 0 Å². The van der Waals surface area contributed by atoms with E-state index in [0.29, 0.717) is 13.0 Å². The van der Waals surface area contributed by atoms with Gasteiger partial charge in [-0.05, 0) is 19.4 Å². The molecule has 0 spiro atoms. The molecule has 0 aliphatic rings. The van der Waals surface area contributed by atoms with E-state index >= 15 is 0 Å². The van der Waals surface area contributed by atoms with E-state index < -0.39 is 12.0 Å². The molecule has 0 rings (SSSR count). The highest BCUT2D eigenvalue weighted by Crippen LogP contribution is 2.21. The van der Waals surface area contributed by atoms with Crippen LogP contribution in [0.2, 0.25) is 0 Å². The second kappa shape index (κ2) is 5.40. The Morgan fingerprint density at radius 1 is 1.58 bits per heavy atom. The van der Waals surface area contributed by atoms with E-state index in [0.717, 1.165) is 0 Å². The van der Waals surface area contributed by atoms with Gasteiger partial charge in [-0.25, -0.2) is 8.78 Å². The van der Waals surface area contributed by atoms with Gasteiger partial charge in [-0.3, -0.25) is 0 Å². The zero-order valence-electron chi connectivity index (χ0n) is 7.09. The predicted octanol–water partition coefficient (Wildman–Crippen LogP) is 0.368. The second-order valence-corrected chi connectivity index (χ2v) is 2.73. The molecule has 1 unspecified atom stereocenters. The number of methoxy groups -OCH3 is 1. The third kappa shape index (κ3) is 3.42. The molecule has 0 aromatic rings. The topological polar surface area (TPSA) is 55.5 Å². The molecule has 0 saturated heterocycles. The Morgan fingerprint density at radius 3 is 2.50 bits per heavy atom. The SMILES string of the molecule is COCC(O)(CCCN)C(F)F. The van der Waals surface area contributed by atoms with Crippen molar-refractivity contribution in [3.63, 3.8) is 0 Å². The van der Waals surface area contributed by atoms with Crippen LogP contribution in [0.15, 0.2) is 0 Å². The third-order valence-corrected chi connectivity index (χ3v) is 1.61. The first kappa shape index (κ1) is 11.7. The van der Waals surface area contributed by atoms with E-state index in [1.807, 2.05) is 0 Å². The molecule has 0 aliphatic carbocycles. The van der Waals surface area contributed by atoms with Gasteiger partial charge in [-0.2, -0.15) is 0 Å². The monoisotopic (exact) mass is 183 g/mol. The summed E-state index contributed by atoms with van der Waals surface area (Å²) in [4.78, 5) is 0. The van der Waals surface area contributed by atoms with Gasteiger partial charge in [-0.15, -0.1) is 0 Å². The summed E-state index contributed by atoms with van der Waals surface area (Å²) in [7, 11) is 1.27. The van der Waals surface area contributed by atoms with Crippen LogP contribution in [0.4, 0.5) is 8.78 Å². The molecular weight excluding hydrogens is 168 g/mol. The first-order valence-corrected chi connectivity index (χ1v) is 3.76. The average molecular weight is 183 g/mol. The number of nitrogens with two attached hydrogens (primary N) is 1. The molecule has 0 amide bonds. The number of aliphatic hydroxyl groups is 1. The highest BCUT2D eigenvalue weighted by molar-refractivity contribution is 4.80. The highest BCUT2D eigenvalue weighted by Gasteiger charge is 2.36. The maximum absolute atomic E-state index is 12.2. The van der Waals surface area contributed by atoms with E-state index in [1.54, 1.807) is 0 Å². The fraction of sp³-hybridized carbons (Fsp3) is 1.00. The minimum Gasteiger partial charge on any atom is -0.381 e. The molecule has 3 N–H and O–H groups in total. The van der Waals surface area contributed by atoms with Crippen LogP contribution in [0.3, 0.4) is 0 Å². The van der Waals surface area contributed by atoms with Crippen LogP contribution in [0.1, 0.15) is 12.8 Å². The zero-order chi connectivity index (χ0) is 9.61. The lowest BCUT2D eigenvalue weighted by molar-refractivity contribution is -0.135. The lowest BCUT2D eigenvalue weighted by Gasteiger charge is -2.25. The van der Waals surface area contributed by atoms with Crippen molar-refractivity contribution < 1.29 is 18.6 Å². The van der Waals surface area contributed by atoms with Gasteiger partial charge in [0.25, 0.3) is 6.43 Å². The molecule has 0 bridgehead atoms. The molecule has 0 aliphatic heterocycles. The Bertz CT molecular complexity index is 124. The molecule has 0 aromatic carbocycles. The predicted molar refractivity (Wildman–Crippen MR) is 41.1 cm³/mol. The summed E-state index contributed by atoms with van der Waals surface area (Å²) < 4.78 is 28.9. The van der Waals surface area contributed by atoms with Gasteiger partial charge in [0.15, 0.2) is 0 Å². The first-order valence-electron chi connectivity index (χ1n) is 3.76. The molecule has 74 valence electrons. The number of ether oxygens (including phenoxy) is 1. The quantitative estimate of drug-likeness (QED) is 0.625. The van der Waals surface area contributed by atoms with Crippen molar-refractivity contribution in [3.05, 3.63) is 0 Å². The van der Waals surface area contributed by atoms with Gasteiger partial charge >= 0.3 is 0 Å². The van der Waals surface area contributed by atoms with Crippen molar-refractivity contribution in [3.8, 4) is 0 Å². The summed E-state index contributed by atoms with van der Waals surface area (Å²) in [5, 5.41) is 9.29. The average Bonchev–Trinajstić information content (AvgIpc) is 2.01. The van der Waals surface area contributed by atoms with Crippen LogP contribution >= 0.6 is 0 Å². The van der Waals surface area contributed by atoms with Crippen LogP contribution in [0.25, 0.3) is 0 Å². The summed E-state index contributed by atoms with van der Waals surface area (Å²) in [5.41, 5.74) is 3.10. The van der Waals surface area contributed by atoms with Crippen molar-refractivity contribution in [2.24, 2.45) is 5.73 Å². The summed E-state index contributed by atoms with van der Waals surface area (Å²) in [6, 6.07) is 0. The molecule has 0 aromatic heterocycles. The van der Waals surface area contributed by atoms with Crippen LogP contribution in [-0.4, -0.2) is 37.4 Å². The minimum atomic E-state index is -2.79. The van der Waals surface area contributed by atoms with Gasteiger partial charge in [0, 0.05) is 7.11 Å². The van der Waals surface area contributed by atoms with Crippen LogP contribution in [-0.2, 0) is 4.74 Å². The zero-order valence-corrected chi connectivity index (χ0v) is 7.09. The Balaban J connectivity index is 3.99. The highest BCUT2D eigenvalue weighted by atomic mass is 19.3.